The van der Waals surface area contributed by atoms with E-state index in [-0.39, 0.29) is 11.4 Å². The number of hydrogen-bond donors (Lipinski definition) is 1. The van der Waals surface area contributed by atoms with Gasteiger partial charge in [-0.25, -0.2) is 0 Å². The minimum atomic E-state index is -0.679. The molecule has 4 heteroatoms. The van der Waals surface area contributed by atoms with Crippen molar-refractivity contribution in [3.63, 3.8) is 0 Å². The zero-order valence-corrected chi connectivity index (χ0v) is 13.8. The fraction of sp³-hybridized carbons (Fsp3) is 0.533. The van der Waals surface area contributed by atoms with Crippen LogP contribution < -0.4 is 5.32 Å². The maximum absolute atomic E-state index is 11.6. The number of carbonyl (C=O) groups excluding carboxylic acids is 1. The fourth-order valence-corrected chi connectivity index (χ4v) is 2.04. The van der Waals surface area contributed by atoms with Gasteiger partial charge in [0.15, 0.2) is 0 Å². The summed E-state index contributed by atoms with van der Waals surface area (Å²) in [4.78, 5) is 11.6. The molecule has 0 spiro atoms. The number of nitrogens with one attached hydrogen (secondary N) is 1. The van der Waals surface area contributed by atoms with E-state index in [2.05, 4.69) is 47.2 Å². The third kappa shape index (κ3) is 4.32. The fourth-order valence-electron chi connectivity index (χ4n) is 1.77. The highest BCUT2D eigenvalue weighted by atomic mass is 79.9. The highest BCUT2D eigenvalue weighted by Gasteiger charge is 2.31. The molecule has 0 fully saturated rings. The molecule has 0 aliphatic rings. The maximum Gasteiger partial charge on any atom is 0.325 e. The molecule has 1 aromatic carbocycles. The molecule has 0 saturated carbocycles. The molecule has 0 heterocycles. The van der Waals surface area contributed by atoms with Gasteiger partial charge in [-0.2, -0.15) is 0 Å². The summed E-state index contributed by atoms with van der Waals surface area (Å²) in [5.41, 5.74) is 0.483. The minimum absolute atomic E-state index is 0.0635. The van der Waals surface area contributed by atoms with Crippen molar-refractivity contribution in [2.45, 2.75) is 38.6 Å². The molecule has 106 valence electrons. The Morgan fingerprint density at radius 3 is 2.21 bits per heavy atom. The molecule has 0 aliphatic heterocycles. The van der Waals surface area contributed by atoms with Crippen LogP contribution in [0.25, 0.3) is 0 Å². The second kappa shape index (κ2) is 6.06. The van der Waals surface area contributed by atoms with E-state index in [1.807, 2.05) is 26.0 Å². The second-order valence-corrected chi connectivity index (χ2v) is 6.78. The van der Waals surface area contributed by atoms with E-state index in [0.29, 0.717) is 6.54 Å². The second-order valence-electron chi connectivity index (χ2n) is 5.86. The van der Waals surface area contributed by atoms with Crippen LogP contribution in [0.2, 0.25) is 0 Å². The molecule has 0 bridgehead atoms. The molecule has 1 aromatic rings. The van der Waals surface area contributed by atoms with E-state index in [1.165, 1.54) is 12.7 Å². The van der Waals surface area contributed by atoms with Gasteiger partial charge < -0.3 is 10.1 Å². The van der Waals surface area contributed by atoms with Gasteiger partial charge in [0.05, 0.1) is 7.11 Å². The Morgan fingerprint density at radius 1 is 1.21 bits per heavy atom. The molecule has 0 amide bonds. The monoisotopic (exact) mass is 327 g/mol. The van der Waals surface area contributed by atoms with E-state index in [4.69, 9.17) is 4.74 Å². The highest BCUT2D eigenvalue weighted by Crippen LogP contribution is 2.24. The van der Waals surface area contributed by atoms with Crippen LogP contribution in [0.15, 0.2) is 28.7 Å². The van der Waals surface area contributed by atoms with Crippen LogP contribution in [-0.2, 0) is 14.9 Å². The van der Waals surface area contributed by atoms with Crippen LogP contribution in [0.1, 0.15) is 33.3 Å². The zero-order chi connectivity index (χ0) is 14.7. The van der Waals surface area contributed by atoms with Crippen molar-refractivity contribution in [1.29, 1.82) is 0 Å². The zero-order valence-electron chi connectivity index (χ0n) is 12.2. The molecule has 0 saturated heterocycles. The Bertz CT molecular complexity index is 438. The summed E-state index contributed by atoms with van der Waals surface area (Å²) >= 11 is 3.43. The smallest absolute Gasteiger partial charge is 0.325 e. The summed E-state index contributed by atoms with van der Waals surface area (Å²) in [5.74, 6) is -0.251. The molecule has 0 radical (unpaired) electrons. The molecule has 0 unspecified atom stereocenters. The van der Waals surface area contributed by atoms with Crippen molar-refractivity contribution in [3.05, 3.63) is 34.3 Å². The summed E-state index contributed by atoms with van der Waals surface area (Å²) < 4.78 is 5.86. The largest absolute Gasteiger partial charge is 0.468 e. The number of esters is 1. The average Bonchev–Trinajstić information content (AvgIpc) is 2.36. The van der Waals surface area contributed by atoms with E-state index >= 15 is 0 Å². The molecule has 0 atom stereocenters. The normalized spacial score (nSPS) is 12.3. The van der Waals surface area contributed by atoms with Crippen molar-refractivity contribution in [3.8, 4) is 0 Å². The summed E-state index contributed by atoms with van der Waals surface area (Å²) in [6.07, 6.45) is 0. The predicted molar refractivity (Wildman–Crippen MR) is 81.3 cm³/mol. The van der Waals surface area contributed by atoms with Crippen LogP contribution in [0, 0.1) is 0 Å². The summed E-state index contributed by atoms with van der Waals surface area (Å²) in [5, 5.41) is 3.28. The highest BCUT2D eigenvalue weighted by molar-refractivity contribution is 9.10. The minimum Gasteiger partial charge on any atom is -0.468 e. The lowest BCUT2D eigenvalue weighted by molar-refractivity contribution is -0.147. The van der Waals surface area contributed by atoms with E-state index in [1.54, 1.807) is 0 Å². The first-order valence-corrected chi connectivity index (χ1v) is 7.08. The Hall–Kier alpha value is -0.870. The first kappa shape index (κ1) is 16.2. The quantitative estimate of drug-likeness (QED) is 0.843. The van der Waals surface area contributed by atoms with E-state index in [9.17, 15) is 4.79 Å². The van der Waals surface area contributed by atoms with Crippen LogP contribution in [0.5, 0.6) is 0 Å². The van der Waals surface area contributed by atoms with E-state index < -0.39 is 5.54 Å². The lowest BCUT2D eigenvalue weighted by Crippen LogP contribution is -2.51. The van der Waals surface area contributed by atoms with Crippen LogP contribution in [0.4, 0.5) is 0 Å². The van der Waals surface area contributed by atoms with Crippen LogP contribution in [0.3, 0.4) is 0 Å². The first-order chi connectivity index (χ1) is 8.69. The molecule has 1 N–H and O–H groups in total. The number of benzene rings is 1. The van der Waals surface area contributed by atoms with Gasteiger partial charge in [-0.05, 0) is 31.5 Å². The Morgan fingerprint density at radius 2 is 1.74 bits per heavy atom. The van der Waals surface area contributed by atoms with Gasteiger partial charge in [0.25, 0.3) is 0 Å². The van der Waals surface area contributed by atoms with Crippen molar-refractivity contribution in [2.24, 2.45) is 0 Å². The number of hydrogen-bond acceptors (Lipinski definition) is 3. The number of methoxy groups -OCH3 is 1. The van der Waals surface area contributed by atoms with Crippen LogP contribution >= 0.6 is 15.9 Å². The molecular weight excluding hydrogens is 306 g/mol. The number of halogens is 1. The van der Waals surface area contributed by atoms with Gasteiger partial charge in [0.2, 0.25) is 0 Å². The van der Waals surface area contributed by atoms with Crippen molar-refractivity contribution < 1.29 is 9.53 Å². The van der Waals surface area contributed by atoms with Gasteiger partial charge >= 0.3 is 5.97 Å². The molecular formula is C15H22BrNO2. The molecule has 1 rings (SSSR count). The third-order valence-electron chi connectivity index (χ3n) is 3.29. The first-order valence-electron chi connectivity index (χ1n) is 6.28. The third-order valence-corrected chi connectivity index (χ3v) is 3.82. The molecule has 0 aliphatic carbocycles. The number of carbonyl (C=O) groups is 1. The Kier molecular flexibility index (Phi) is 5.16. The van der Waals surface area contributed by atoms with Crippen LogP contribution in [-0.4, -0.2) is 25.2 Å². The molecule has 3 nitrogen and oxygen atoms in total. The lowest BCUT2D eigenvalue weighted by Gasteiger charge is -2.31. The predicted octanol–water partition coefficient (Wildman–Crippen LogP) is 3.27. The average molecular weight is 328 g/mol. The Labute approximate surface area is 123 Å². The van der Waals surface area contributed by atoms with Gasteiger partial charge in [-0.15, -0.1) is 0 Å². The van der Waals surface area contributed by atoms with Gasteiger partial charge in [0, 0.05) is 16.4 Å². The van der Waals surface area contributed by atoms with E-state index in [0.717, 1.165) is 4.47 Å². The SMILES string of the molecule is COC(=O)C(C)(C)NCC(C)(C)c1ccc(Br)cc1. The van der Waals surface area contributed by atoms with Crippen molar-refractivity contribution >= 4 is 21.9 Å². The van der Waals surface area contributed by atoms with Crippen molar-refractivity contribution in [1.82, 2.24) is 5.32 Å². The summed E-state index contributed by atoms with van der Waals surface area (Å²) in [6, 6.07) is 8.25. The maximum atomic E-state index is 11.6. The van der Waals surface area contributed by atoms with Gasteiger partial charge in [-0.3, -0.25) is 4.79 Å². The van der Waals surface area contributed by atoms with Gasteiger partial charge in [-0.1, -0.05) is 41.9 Å². The van der Waals surface area contributed by atoms with Gasteiger partial charge in [0.1, 0.15) is 5.54 Å². The lowest BCUT2D eigenvalue weighted by atomic mass is 9.84. The summed E-state index contributed by atoms with van der Waals surface area (Å²) in [7, 11) is 1.41. The number of rotatable bonds is 5. The molecule has 19 heavy (non-hydrogen) atoms. The number of ether oxygens (including phenoxy) is 1. The standard InChI is InChI=1S/C15H22BrNO2/c1-14(2,11-6-8-12(16)9-7-11)10-17-15(3,4)13(18)19-5/h6-9,17H,10H2,1-5H3. The topological polar surface area (TPSA) is 38.3 Å². The summed E-state index contributed by atoms with van der Waals surface area (Å²) in [6.45, 7) is 8.65. The Balaban J connectivity index is 2.75. The molecule has 0 aromatic heterocycles. The van der Waals surface area contributed by atoms with Crippen molar-refractivity contribution in [2.75, 3.05) is 13.7 Å².